The molecule has 0 aliphatic carbocycles. The summed E-state index contributed by atoms with van der Waals surface area (Å²) in [5.74, 6) is -5.92. The van der Waals surface area contributed by atoms with E-state index in [9.17, 15) is 28.8 Å². The predicted octanol–water partition coefficient (Wildman–Crippen LogP) is 3.17. The molecule has 1 aliphatic heterocycles. The number of likely N-dealkylation sites (tertiary alicyclic amines) is 1. The molecule has 1 aliphatic rings. The first-order chi connectivity index (χ1) is 22.2. The molecule has 13 nitrogen and oxygen atoms in total. The number of imide groups is 1. The highest BCUT2D eigenvalue weighted by molar-refractivity contribution is 6.05. The summed E-state index contributed by atoms with van der Waals surface area (Å²) in [4.78, 5) is 89.6. The lowest BCUT2D eigenvalue weighted by molar-refractivity contribution is -0.149. The van der Waals surface area contributed by atoms with Gasteiger partial charge >= 0.3 is 0 Å². The van der Waals surface area contributed by atoms with Gasteiger partial charge in [0.2, 0.25) is 35.4 Å². The van der Waals surface area contributed by atoms with E-state index in [1.807, 2.05) is 41.5 Å². The quantitative estimate of drug-likeness (QED) is 0.120. The van der Waals surface area contributed by atoms with Gasteiger partial charge in [-0.3, -0.25) is 33.7 Å². The number of nitrogens with zero attached hydrogens (tertiary/aromatic N) is 2. The molecule has 49 heavy (non-hydrogen) atoms. The van der Waals surface area contributed by atoms with Crippen LogP contribution < -0.4 is 21.3 Å². The van der Waals surface area contributed by atoms with Crippen molar-refractivity contribution in [2.45, 2.75) is 131 Å². The molecule has 2 rings (SSSR count). The number of imidazole rings is 1. The Morgan fingerprint density at radius 1 is 0.878 bits per heavy atom. The largest absolute Gasteiger partial charge is 0.355 e. The van der Waals surface area contributed by atoms with Crippen LogP contribution in [0.4, 0.5) is 0 Å². The number of carbonyl (C=O) groups excluding carboxylic acids is 6. The van der Waals surface area contributed by atoms with Gasteiger partial charge in [-0.05, 0) is 74.7 Å². The van der Waals surface area contributed by atoms with Crippen LogP contribution in [-0.2, 0) is 35.2 Å². The van der Waals surface area contributed by atoms with E-state index < -0.39 is 69.0 Å². The number of H-pyrrole nitrogens is 1. The van der Waals surface area contributed by atoms with Crippen molar-refractivity contribution in [3.8, 4) is 0 Å². The lowest BCUT2D eigenvalue weighted by Gasteiger charge is -2.42. The molecule has 1 aromatic rings. The van der Waals surface area contributed by atoms with Gasteiger partial charge in [-0.25, -0.2) is 4.98 Å². The highest BCUT2D eigenvalue weighted by Crippen LogP contribution is 2.41. The van der Waals surface area contributed by atoms with Crippen LogP contribution in [0.2, 0.25) is 0 Å². The molecule has 0 aromatic carbocycles. The van der Waals surface area contributed by atoms with Crippen LogP contribution in [0.5, 0.6) is 0 Å². The Morgan fingerprint density at radius 2 is 1.47 bits per heavy atom. The van der Waals surface area contributed by atoms with Crippen molar-refractivity contribution in [2.24, 2.45) is 23.2 Å². The minimum Gasteiger partial charge on any atom is -0.355 e. The number of amides is 6. The Kier molecular flexibility index (Phi) is 12.8. The van der Waals surface area contributed by atoms with E-state index >= 15 is 0 Å². The number of nitrogens with one attached hydrogen (secondary N) is 5. The third-order valence-electron chi connectivity index (χ3n) is 8.40. The van der Waals surface area contributed by atoms with Crippen molar-refractivity contribution in [2.75, 3.05) is 6.54 Å². The van der Waals surface area contributed by atoms with Crippen LogP contribution in [-0.4, -0.2) is 79.0 Å². The van der Waals surface area contributed by atoms with E-state index in [1.165, 1.54) is 18.5 Å². The van der Waals surface area contributed by atoms with E-state index in [0.717, 1.165) is 10.6 Å². The maximum absolute atomic E-state index is 14.4. The number of hydrogen-bond acceptors (Lipinski definition) is 7. The van der Waals surface area contributed by atoms with Crippen molar-refractivity contribution in [3.63, 3.8) is 0 Å². The second kappa shape index (κ2) is 15.2. The van der Waals surface area contributed by atoms with Crippen molar-refractivity contribution >= 4 is 35.4 Å². The van der Waals surface area contributed by atoms with Gasteiger partial charge in [-0.1, -0.05) is 32.9 Å². The molecular formula is C36H59N7O6. The van der Waals surface area contributed by atoms with Gasteiger partial charge in [0.15, 0.2) is 0 Å². The summed E-state index contributed by atoms with van der Waals surface area (Å²) in [5, 5.41) is 11.5. The van der Waals surface area contributed by atoms with E-state index in [1.54, 1.807) is 54.7 Å². The predicted molar refractivity (Wildman–Crippen MR) is 188 cm³/mol. The molecule has 2 heterocycles. The molecular weight excluding hydrogens is 626 g/mol. The van der Waals surface area contributed by atoms with Crippen LogP contribution in [0.25, 0.3) is 0 Å². The molecule has 0 spiro atoms. The van der Waals surface area contributed by atoms with Gasteiger partial charge < -0.3 is 26.3 Å². The highest BCUT2D eigenvalue weighted by Gasteiger charge is 2.54. The fourth-order valence-electron chi connectivity index (χ4n) is 6.00. The summed E-state index contributed by atoms with van der Waals surface area (Å²) >= 11 is 0. The average molecular weight is 686 g/mol. The summed E-state index contributed by atoms with van der Waals surface area (Å²) in [5.41, 5.74) is -3.65. The lowest BCUT2D eigenvalue weighted by Crippen LogP contribution is -2.64. The average Bonchev–Trinajstić information content (AvgIpc) is 3.50. The number of rotatable bonds is 13. The summed E-state index contributed by atoms with van der Waals surface area (Å²) in [6.07, 6.45) is 6.64. The fourth-order valence-corrected chi connectivity index (χ4v) is 6.00. The summed E-state index contributed by atoms with van der Waals surface area (Å²) < 4.78 is 0. The van der Waals surface area contributed by atoms with Gasteiger partial charge in [0.05, 0.1) is 29.2 Å². The molecule has 5 N–H and O–H groups in total. The Labute approximate surface area is 291 Å². The molecule has 13 heteroatoms. The third-order valence-corrected chi connectivity index (χ3v) is 8.40. The first kappa shape index (κ1) is 41.1. The fraction of sp³-hybridized carbons (Fsp3) is 0.694. The number of hydrogen-bond donors (Lipinski definition) is 5. The Balaban J connectivity index is 2.49. The van der Waals surface area contributed by atoms with Crippen LogP contribution in [0, 0.1) is 23.2 Å². The topological polar surface area (TPSA) is 182 Å². The van der Waals surface area contributed by atoms with Crippen molar-refractivity contribution in [1.82, 2.24) is 36.1 Å². The summed E-state index contributed by atoms with van der Waals surface area (Å²) in [6.45, 7) is 23.3. The van der Waals surface area contributed by atoms with Crippen LogP contribution in [0.1, 0.15) is 109 Å². The summed E-state index contributed by atoms with van der Waals surface area (Å²) in [7, 11) is 0. The second-order valence-electron chi connectivity index (χ2n) is 17.3. The molecule has 0 radical (unpaired) electrons. The number of carbonyl (C=O) groups is 6. The molecule has 3 unspecified atom stereocenters. The summed E-state index contributed by atoms with van der Waals surface area (Å²) in [6, 6.07) is 0. The Bertz CT molecular complexity index is 1410. The van der Waals surface area contributed by atoms with E-state index in [-0.39, 0.29) is 31.2 Å². The second-order valence-corrected chi connectivity index (χ2v) is 17.3. The molecule has 0 bridgehead atoms. The Hall–Kier alpha value is -4.03. The molecule has 274 valence electrons. The normalized spacial score (nSPS) is 17.6. The molecule has 0 saturated carbocycles. The van der Waals surface area contributed by atoms with Gasteiger partial charge in [-0.15, -0.1) is 0 Å². The van der Waals surface area contributed by atoms with Crippen LogP contribution in [0.15, 0.2) is 24.7 Å². The zero-order chi connectivity index (χ0) is 37.8. The standard InChI is InChI=1S/C36H59N7O6/c1-32(2,3)24-19-26(45)43(31(24)49)36(12,13)23(15-14-16-25(44)40-33(4,5)6)28(46)42-35(10,11)27(30(48)41-34(7,8)9)29(47)38-18-17-22-20-37-21-39-22/h14-15,20-21,23-24,27H,16-19H2,1-13H3,(H,37,39)(H,38,47)(H,40,44)(H,41,48)(H,42,46). The monoisotopic (exact) mass is 685 g/mol. The van der Waals surface area contributed by atoms with Gasteiger partial charge in [0.1, 0.15) is 5.92 Å². The number of aromatic nitrogens is 2. The SMILES string of the molecule is CC(C)(C)NC(=O)CC=CC(C(=O)NC(C)(C)C(C(=O)NCCc1cnc[nH]1)C(=O)NC(C)(C)C)C(C)(C)N1C(=O)CC(C(C)(C)C)C1=O. The molecule has 1 fully saturated rings. The Morgan fingerprint density at radius 3 is 1.96 bits per heavy atom. The maximum atomic E-state index is 14.4. The van der Waals surface area contributed by atoms with E-state index in [2.05, 4.69) is 31.2 Å². The van der Waals surface area contributed by atoms with Gasteiger partial charge in [-0.2, -0.15) is 0 Å². The first-order valence-electron chi connectivity index (χ1n) is 16.9. The molecule has 1 aromatic heterocycles. The van der Waals surface area contributed by atoms with Gasteiger partial charge in [0, 0.05) is 48.8 Å². The van der Waals surface area contributed by atoms with Crippen molar-refractivity contribution in [3.05, 3.63) is 30.4 Å². The van der Waals surface area contributed by atoms with Crippen LogP contribution in [0.3, 0.4) is 0 Å². The van der Waals surface area contributed by atoms with E-state index in [0.29, 0.717) is 6.42 Å². The molecule has 3 atom stereocenters. The molecule has 6 amide bonds. The van der Waals surface area contributed by atoms with Crippen LogP contribution >= 0.6 is 0 Å². The lowest BCUT2D eigenvalue weighted by atomic mass is 9.79. The third kappa shape index (κ3) is 11.5. The minimum atomic E-state index is -1.44. The first-order valence-corrected chi connectivity index (χ1v) is 16.9. The zero-order valence-electron chi connectivity index (χ0n) is 31.7. The zero-order valence-corrected chi connectivity index (χ0v) is 31.7. The minimum absolute atomic E-state index is 0.0110. The van der Waals surface area contributed by atoms with Gasteiger partial charge in [0.25, 0.3) is 0 Å². The smallest absolute Gasteiger partial charge is 0.235 e. The molecule has 1 saturated heterocycles. The van der Waals surface area contributed by atoms with Crippen molar-refractivity contribution in [1.29, 1.82) is 0 Å². The highest BCUT2D eigenvalue weighted by atomic mass is 16.2. The maximum Gasteiger partial charge on any atom is 0.235 e. The van der Waals surface area contributed by atoms with Crippen molar-refractivity contribution < 1.29 is 28.8 Å². The number of aromatic amines is 1. The van der Waals surface area contributed by atoms with E-state index in [4.69, 9.17) is 0 Å².